The molecule has 0 saturated heterocycles. The number of rotatable bonds is 5. The molecule has 4 nitrogen and oxygen atoms in total. The molecule has 0 saturated carbocycles. The van der Waals surface area contributed by atoms with E-state index in [4.69, 9.17) is 10.2 Å². The Hall–Kier alpha value is -0.720. The molecule has 90 valence electrons. The first-order chi connectivity index (χ1) is 7.70. The van der Waals surface area contributed by atoms with Crippen LogP contribution in [0.2, 0.25) is 0 Å². The Balaban J connectivity index is 0.000000385. The molecule has 0 aliphatic rings. The zero-order valence-electron chi connectivity index (χ0n) is 9.00. The Labute approximate surface area is 103 Å². The number of aromatic nitrogens is 1. The standard InChI is InChI=1S/C7H9NOS2.C3H6O2/c9-5-6-10-11-7-3-1-2-4-8-7;1-2-3(4)5/h1-4,9H,5-6H2;2H2,1H3,(H,4,5). The molecule has 1 heterocycles. The highest BCUT2D eigenvalue weighted by molar-refractivity contribution is 8.76. The van der Waals surface area contributed by atoms with E-state index in [0.717, 1.165) is 10.8 Å². The van der Waals surface area contributed by atoms with Crippen LogP contribution < -0.4 is 0 Å². The van der Waals surface area contributed by atoms with Crippen LogP contribution in [-0.4, -0.2) is 33.5 Å². The molecule has 16 heavy (non-hydrogen) atoms. The van der Waals surface area contributed by atoms with Gasteiger partial charge in [0.2, 0.25) is 0 Å². The van der Waals surface area contributed by atoms with E-state index in [1.807, 2.05) is 18.2 Å². The minimum Gasteiger partial charge on any atom is -0.481 e. The third kappa shape index (κ3) is 9.82. The third-order valence-electron chi connectivity index (χ3n) is 1.26. The average molecular weight is 261 g/mol. The van der Waals surface area contributed by atoms with Crippen molar-refractivity contribution in [2.75, 3.05) is 12.4 Å². The van der Waals surface area contributed by atoms with Crippen LogP contribution in [-0.2, 0) is 4.79 Å². The SMILES string of the molecule is CCC(=O)O.OCCSSc1ccccn1. The summed E-state index contributed by atoms with van der Waals surface area (Å²) in [7, 11) is 3.20. The molecular weight excluding hydrogens is 246 g/mol. The molecule has 1 aromatic heterocycles. The van der Waals surface area contributed by atoms with Crippen molar-refractivity contribution in [1.29, 1.82) is 0 Å². The lowest BCUT2D eigenvalue weighted by Crippen LogP contribution is -1.86. The highest BCUT2D eigenvalue weighted by Crippen LogP contribution is 2.27. The number of aliphatic hydroxyl groups is 1. The second kappa shape index (κ2) is 10.8. The van der Waals surface area contributed by atoms with E-state index in [2.05, 4.69) is 4.98 Å². The van der Waals surface area contributed by atoms with Crippen molar-refractivity contribution in [3.63, 3.8) is 0 Å². The molecule has 1 aromatic rings. The third-order valence-corrected chi connectivity index (χ3v) is 3.50. The number of aliphatic hydroxyl groups excluding tert-OH is 1. The smallest absolute Gasteiger partial charge is 0.303 e. The second-order valence-corrected chi connectivity index (χ2v) is 4.98. The summed E-state index contributed by atoms with van der Waals surface area (Å²) in [5.74, 6) is 0.00586. The normalized spacial score (nSPS) is 9.12. The first-order valence-electron chi connectivity index (χ1n) is 4.73. The van der Waals surface area contributed by atoms with Gasteiger partial charge in [-0.15, -0.1) is 0 Å². The van der Waals surface area contributed by atoms with Gasteiger partial charge in [0.1, 0.15) is 5.03 Å². The first-order valence-corrected chi connectivity index (χ1v) is 7.05. The van der Waals surface area contributed by atoms with Crippen molar-refractivity contribution in [3.8, 4) is 0 Å². The molecular formula is C10H15NO3S2. The van der Waals surface area contributed by atoms with Crippen LogP contribution in [0.4, 0.5) is 0 Å². The maximum Gasteiger partial charge on any atom is 0.303 e. The molecule has 0 aliphatic carbocycles. The van der Waals surface area contributed by atoms with Crippen LogP contribution in [0.3, 0.4) is 0 Å². The Kier molecular flexibility index (Phi) is 10.3. The number of carboxylic acid groups (broad SMARTS) is 1. The summed E-state index contributed by atoms with van der Waals surface area (Å²) in [5, 5.41) is 17.2. The fraction of sp³-hybridized carbons (Fsp3) is 0.400. The number of nitrogens with zero attached hydrogens (tertiary/aromatic N) is 1. The van der Waals surface area contributed by atoms with Crippen LogP contribution in [0.5, 0.6) is 0 Å². The molecule has 6 heteroatoms. The molecule has 0 unspecified atom stereocenters. The Bertz CT molecular complexity index is 283. The number of carboxylic acids is 1. The molecule has 0 fully saturated rings. The topological polar surface area (TPSA) is 70.4 Å². The van der Waals surface area contributed by atoms with Gasteiger partial charge in [0.05, 0.1) is 6.61 Å². The van der Waals surface area contributed by atoms with Crippen molar-refractivity contribution in [1.82, 2.24) is 4.98 Å². The van der Waals surface area contributed by atoms with Crippen molar-refractivity contribution >= 4 is 27.6 Å². The monoisotopic (exact) mass is 261 g/mol. The number of hydrogen-bond donors (Lipinski definition) is 2. The quantitative estimate of drug-likeness (QED) is 0.626. The highest BCUT2D eigenvalue weighted by atomic mass is 33.1. The maximum atomic E-state index is 9.37. The van der Waals surface area contributed by atoms with Crippen molar-refractivity contribution in [2.24, 2.45) is 0 Å². The van der Waals surface area contributed by atoms with Crippen molar-refractivity contribution < 1.29 is 15.0 Å². The van der Waals surface area contributed by atoms with Gasteiger partial charge in [-0.05, 0) is 22.9 Å². The van der Waals surface area contributed by atoms with E-state index in [9.17, 15) is 4.79 Å². The van der Waals surface area contributed by atoms with Crippen LogP contribution in [0.15, 0.2) is 29.4 Å². The Morgan fingerprint density at radius 3 is 2.62 bits per heavy atom. The fourth-order valence-corrected chi connectivity index (χ4v) is 2.18. The summed E-state index contributed by atoms with van der Waals surface area (Å²) >= 11 is 0. The Morgan fingerprint density at radius 2 is 2.19 bits per heavy atom. The number of aliphatic carboxylic acids is 1. The second-order valence-electron chi connectivity index (χ2n) is 2.54. The van der Waals surface area contributed by atoms with Crippen molar-refractivity contribution in [3.05, 3.63) is 24.4 Å². The molecule has 1 rings (SSSR count). The predicted octanol–water partition coefficient (Wildman–Crippen LogP) is 2.30. The van der Waals surface area contributed by atoms with Gasteiger partial charge in [0.25, 0.3) is 0 Å². The van der Waals surface area contributed by atoms with E-state index in [1.165, 1.54) is 0 Å². The maximum absolute atomic E-state index is 9.37. The zero-order chi connectivity index (χ0) is 12.2. The molecule has 2 N–H and O–H groups in total. The summed E-state index contributed by atoms with van der Waals surface area (Å²) in [6.45, 7) is 1.83. The Morgan fingerprint density at radius 1 is 1.50 bits per heavy atom. The van der Waals surface area contributed by atoms with Gasteiger partial charge in [-0.1, -0.05) is 23.8 Å². The molecule has 0 aliphatic heterocycles. The van der Waals surface area contributed by atoms with Gasteiger partial charge in [-0.3, -0.25) is 4.79 Å². The number of carbonyl (C=O) groups is 1. The van der Waals surface area contributed by atoms with Crippen molar-refractivity contribution in [2.45, 2.75) is 18.4 Å². The van der Waals surface area contributed by atoms with Crippen LogP contribution in [0, 0.1) is 0 Å². The summed E-state index contributed by atoms with van der Waals surface area (Å²) in [6, 6.07) is 5.80. The van der Waals surface area contributed by atoms with Crippen LogP contribution >= 0.6 is 21.6 Å². The minimum atomic E-state index is -0.745. The van der Waals surface area contributed by atoms with Gasteiger partial charge < -0.3 is 10.2 Å². The summed E-state index contributed by atoms with van der Waals surface area (Å²) in [4.78, 5) is 13.5. The van der Waals surface area contributed by atoms with Gasteiger partial charge in [-0.25, -0.2) is 4.98 Å². The highest BCUT2D eigenvalue weighted by Gasteiger charge is 1.92. The lowest BCUT2D eigenvalue weighted by molar-refractivity contribution is -0.136. The van der Waals surface area contributed by atoms with E-state index >= 15 is 0 Å². The molecule has 0 bridgehead atoms. The lowest BCUT2D eigenvalue weighted by Gasteiger charge is -1.95. The first kappa shape index (κ1) is 15.3. The van der Waals surface area contributed by atoms with E-state index in [-0.39, 0.29) is 13.0 Å². The summed E-state index contributed by atoms with van der Waals surface area (Å²) < 4.78 is 0. The van der Waals surface area contributed by atoms with Gasteiger partial charge in [0.15, 0.2) is 0 Å². The van der Waals surface area contributed by atoms with E-state index < -0.39 is 5.97 Å². The predicted molar refractivity (Wildman–Crippen MR) is 67.6 cm³/mol. The fourth-order valence-electron chi connectivity index (χ4n) is 0.536. The number of pyridine rings is 1. The molecule has 0 amide bonds. The zero-order valence-corrected chi connectivity index (χ0v) is 10.6. The largest absolute Gasteiger partial charge is 0.481 e. The van der Waals surface area contributed by atoms with Gasteiger partial charge in [0, 0.05) is 18.4 Å². The summed E-state index contributed by atoms with van der Waals surface area (Å²) in [5.41, 5.74) is 0. The van der Waals surface area contributed by atoms with E-state index in [0.29, 0.717) is 0 Å². The van der Waals surface area contributed by atoms with Crippen LogP contribution in [0.25, 0.3) is 0 Å². The molecule has 0 aromatic carbocycles. The van der Waals surface area contributed by atoms with Gasteiger partial charge in [-0.2, -0.15) is 0 Å². The summed E-state index contributed by atoms with van der Waals surface area (Å²) in [6.07, 6.45) is 1.99. The lowest BCUT2D eigenvalue weighted by atomic mass is 10.5. The number of hydrogen-bond acceptors (Lipinski definition) is 5. The molecule has 0 radical (unpaired) electrons. The average Bonchev–Trinajstić information content (AvgIpc) is 2.31. The molecule has 0 atom stereocenters. The van der Waals surface area contributed by atoms with Crippen LogP contribution in [0.1, 0.15) is 13.3 Å². The van der Waals surface area contributed by atoms with E-state index in [1.54, 1.807) is 34.7 Å². The molecule has 0 spiro atoms. The minimum absolute atomic E-state index is 0.222. The van der Waals surface area contributed by atoms with Gasteiger partial charge >= 0.3 is 5.97 Å².